The number of halogens is 2. The van der Waals surface area contributed by atoms with Gasteiger partial charge in [0.15, 0.2) is 0 Å². The Labute approximate surface area is 114 Å². The second kappa shape index (κ2) is 5.80. The van der Waals surface area contributed by atoms with Crippen LogP contribution in [0.15, 0.2) is 22.7 Å². The number of hydrogen-bond donors (Lipinski definition) is 1. The lowest BCUT2D eigenvalue weighted by atomic mass is 10.1. The van der Waals surface area contributed by atoms with Crippen LogP contribution in [-0.4, -0.2) is 30.9 Å². The summed E-state index contributed by atoms with van der Waals surface area (Å²) >= 11 is 3.31. The van der Waals surface area contributed by atoms with Crippen LogP contribution in [0, 0.1) is 11.7 Å². The SMILES string of the molecule is CN(Cc1cc(Br)ccc1F)C(=O)[C@H]1CCNC1. The molecule has 1 heterocycles. The third kappa shape index (κ3) is 3.09. The molecular weight excluding hydrogens is 299 g/mol. The van der Waals surface area contributed by atoms with Crippen LogP contribution in [0.3, 0.4) is 0 Å². The third-order valence-corrected chi connectivity index (χ3v) is 3.69. The number of amides is 1. The summed E-state index contributed by atoms with van der Waals surface area (Å²) in [6.07, 6.45) is 0.865. The minimum Gasteiger partial charge on any atom is -0.341 e. The van der Waals surface area contributed by atoms with Crippen molar-refractivity contribution in [2.75, 3.05) is 20.1 Å². The van der Waals surface area contributed by atoms with Crippen molar-refractivity contribution in [1.82, 2.24) is 10.2 Å². The molecular formula is C13H16BrFN2O. The van der Waals surface area contributed by atoms with Gasteiger partial charge in [0.1, 0.15) is 5.82 Å². The highest BCUT2D eigenvalue weighted by molar-refractivity contribution is 9.10. The van der Waals surface area contributed by atoms with Crippen LogP contribution in [0.1, 0.15) is 12.0 Å². The summed E-state index contributed by atoms with van der Waals surface area (Å²) in [7, 11) is 1.72. The Bertz CT molecular complexity index is 447. The number of nitrogens with zero attached hydrogens (tertiary/aromatic N) is 1. The molecule has 18 heavy (non-hydrogen) atoms. The average molecular weight is 315 g/mol. The Hall–Kier alpha value is -0.940. The molecule has 2 rings (SSSR count). The highest BCUT2D eigenvalue weighted by Crippen LogP contribution is 2.18. The Kier molecular flexibility index (Phi) is 4.35. The van der Waals surface area contributed by atoms with Gasteiger partial charge in [-0.2, -0.15) is 0 Å². The smallest absolute Gasteiger partial charge is 0.227 e. The summed E-state index contributed by atoms with van der Waals surface area (Å²) in [5.41, 5.74) is 0.534. The number of hydrogen-bond acceptors (Lipinski definition) is 2. The van der Waals surface area contributed by atoms with Crippen LogP contribution in [0.25, 0.3) is 0 Å². The quantitative estimate of drug-likeness (QED) is 0.927. The Morgan fingerprint density at radius 2 is 2.39 bits per heavy atom. The highest BCUT2D eigenvalue weighted by atomic mass is 79.9. The second-order valence-electron chi connectivity index (χ2n) is 4.62. The van der Waals surface area contributed by atoms with Crippen molar-refractivity contribution in [3.63, 3.8) is 0 Å². The summed E-state index contributed by atoms with van der Waals surface area (Å²) in [6.45, 7) is 1.92. The van der Waals surface area contributed by atoms with Gasteiger partial charge < -0.3 is 10.2 Å². The zero-order valence-electron chi connectivity index (χ0n) is 10.2. The fourth-order valence-electron chi connectivity index (χ4n) is 2.18. The van der Waals surface area contributed by atoms with Gasteiger partial charge in [-0.3, -0.25) is 4.79 Å². The Morgan fingerprint density at radius 1 is 1.61 bits per heavy atom. The van der Waals surface area contributed by atoms with Crippen LogP contribution in [-0.2, 0) is 11.3 Å². The van der Waals surface area contributed by atoms with Crippen LogP contribution < -0.4 is 5.32 Å². The molecule has 98 valence electrons. The van der Waals surface area contributed by atoms with E-state index in [0.29, 0.717) is 12.1 Å². The van der Waals surface area contributed by atoms with Gasteiger partial charge >= 0.3 is 0 Å². The molecule has 0 bridgehead atoms. The first-order chi connectivity index (χ1) is 8.58. The van der Waals surface area contributed by atoms with E-state index in [1.165, 1.54) is 6.07 Å². The fourth-order valence-corrected chi connectivity index (χ4v) is 2.58. The van der Waals surface area contributed by atoms with Crippen molar-refractivity contribution >= 4 is 21.8 Å². The maximum atomic E-state index is 13.6. The summed E-state index contributed by atoms with van der Waals surface area (Å²) in [5, 5.41) is 3.16. The van der Waals surface area contributed by atoms with E-state index in [1.807, 2.05) is 0 Å². The molecule has 0 saturated carbocycles. The normalized spacial score (nSPS) is 18.9. The van der Waals surface area contributed by atoms with E-state index in [-0.39, 0.29) is 17.6 Å². The van der Waals surface area contributed by atoms with E-state index in [4.69, 9.17) is 0 Å². The maximum Gasteiger partial charge on any atom is 0.227 e. The molecule has 1 saturated heterocycles. The van der Waals surface area contributed by atoms with Crippen molar-refractivity contribution in [3.05, 3.63) is 34.1 Å². The number of carbonyl (C=O) groups excluding carboxylic acids is 1. The van der Waals surface area contributed by atoms with Crippen molar-refractivity contribution in [1.29, 1.82) is 0 Å². The van der Waals surface area contributed by atoms with Gasteiger partial charge in [-0.1, -0.05) is 15.9 Å². The van der Waals surface area contributed by atoms with Gasteiger partial charge in [0.25, 0.3) is 0 Å². The van der Waals surface area contributed by atoms with E-state index < -0.39 is 0 Å². The molecule has 1 aromatic carbocycles. The molecule has 1 fully saturated rings. The first-order valence-corrected chi connectivity index (χ1v) is 6.77. The lowest BCUT2D eigenvalue weighted by Gasteiger charge is -2.21. The predicted molar refractivity (Wildman–Crippen MR) is 71.6 cm³/mol. The van der Waals surface area contributed by atoms with Gasteiger partial charge in [0.2, 0.25) is 5.91 Å². The van der Waals surface area contributed by atoms with E-state index in [1.54, 1.807) is 24.1 Å². The van der Waals surface area contributed by atoms with E-state index in [0.717, 1.165) is 24.0 Å². The molecule has 5 heteroatoms. The van der Waals surface area contributed by atoms with Crippen molar-refractivity contribution in [2.45, 2.75) is 13.0 Å². The first kappa shape index (κ1) is 13.5. The molecule has 0 aromatic heterocycles. The van der Waals surface area contributed by atoms with Gasteiger partial charge in [0, 0.05) is 30.2 Å². The topological polar surface area (TPSA) is 32.3 Å². The molecule has 1 atom stereocenters. The Balaban J connectivity index is 2.03. The van der Waals surface area contributed by atoms with E-state index in [2.05, 4.69) is 21.2 Å². The monoisotopic (exact) mass is 314 g/mol. The van der Waals surface area contributed by atoms with Crippen molar-refractivity contribution in [2.24, 2.45) is 5.92 Å². The molecule has 0 unspecified atom stereocenters. The average Bonchev–Trinajstić information content (AvgIpc) is 2.86. The number of carbonyl (C=O) groups is 1. The lowest BCUT2D eigenvalue weighted by Crippen LogP contribution is -2.33. The van der Waals surface area contributed by atoms with E-state index in [9.17, 15) is 9.18 Å². The zero-order valence-corrected chi connectivity index (χ0v) is 11.8. The van der Waals surface area contributed by atoms with E-state index >= 15 is 0 Å². The summed E-state index contributed by atoms with van der Waals surface area (Å²) < 4.78 is 14.4. The molecule has 3 nitrogen and oxygen atoms in total. The van der Waals surface area contributed by atoms with Crippen LogP contribution in [0.2, 0.25) is 0 Å². The van der Waals surface area contributed by atoms with Gasteiger partial charge in [-0.25, -0.2) is 4.39 Å². The van der Waals surface area contributed by atoms with Crippen LogP contribution in [0.4, 0.5) is 4.39 Å². The largest absolute Gasteiger partial charge is 0.341 e. The third-order valence-electron chi connectivity index (χ3n) is 3.20. The lowest BCUT2D eigenvalue weighted by molar-refractivity contribution is -0.134. The second-order valence-corrected chi connectivity index (χ2v) is 5.54. The minimum absolute atomic E-state index is 0.0326. The van der Waals surface area contributed by atoms with Crippen molar-refractivity contribution in [3.8, 4) is 0 Å². The fraction of sp³-hybridized carbons (Fsp3) is 0.462. The number of nitrogens with one attached hydrogen (secondary N) is 1. The zero-order chi connectivity index (χ0) is 13.1. The highest BCUT2D eigenvalue weighted by Gasteiger charge is 2.25. The van der Waals surface area contributed by atoms with Crippen LogP contribution >= 0.6 is 15.9 Å². The van der Waals surface area contributed by atoms with Gasteiger partial charge in [-0.05, 0) is 31.2 Å². The summed E-state index contributed by atoms with van der Waals surface area (Å²) in [4.78, 5) is 13.7. The molecule has 1 aromatic rings. The molecule has 1 N–H and O–H groups in total. The first-order valence-electron chi connectivity index (χ1n) is 5.97. The number of benzene rings is 1. The van der Waals surface area contributed by atoms with Gasteiger partial charge in [0.05, 0.1) is 5.92 Å². The van der Waals surface area contributed by atoms with Gasteiger partial charge in [-0.15, -0.1) is 0 Å². The minimum atomic E-state index is -0.276. The Morgan fingerprint density at radius 3 is 3.06 bits per heavy atom. The molecule has 0 spiro atoms. The maximum absolute atomic E-state index is 13.6. The molecule has 0 radical (unpaired) electrons. The standard InChI is InChI=1S/C13H16BrFN2O/c1-17(13(18)9-4-5-16-7-9)8-10-6-11(14)2-3-12(10)15/h2-3,6,9,16H,4-5,7-8H2,1H3/t9-/m0/s1. The predicted octanol–water partition coefficient (Wildman–Crippen LogP) is 2.16. The summed E-state index contributed by atoms with van der Waals surface area (Å²) in [6, 6.07) is 4.78. The molecule has 0 aliphatic carbocycles. The summed E-state index contributed by atoms with van der Waals surface area (Å²) in [5.74, 6) is -0.160. The van der Waals surface area contributed by atoms with Crippen LogP contribution in [0.5, 0.6) is 0 Å². The van der Waals surface area contributed by atoms with Crippen molar-refractivity contribution < 1.29 is 9.18 Å². The molecule has 1 aliphatic rings. The molecule has 1 amide bonds. The molecule has 1 aliphatic heterocycles. The number of rotatable bonds is 3.